The van der Waals surface area contributed by atoms with Crippen molar-refractivity contribution in [1.82, 2.24) is 4.90 Å². The number of hydrogen-bond donors (Lipinski definition) is 1. The van der Waals surface area contributed by atoms with E-state index in [0.717, 1.165) is 22.7 Å². The van der Waals surface area contributed by atoms with Crippen molar-refractivity contribution in [2.75, 3.05) is 19.0 Å². The Morgan fingerprint density at radius 1 is 1.05 bits per heavy atom. The predicted molar refractivity (Wildman–Crippen MR) is 147 cm³/mol. The van der Waals surface area contributed by atoms with Crippen molar-refractivity contribution in [1.29, 1.82) is 0 Å². The SMILES string of the molecule is COc1cc(/C=C2\SC(=O)N(Cc3ccc(F)cc3Cl)C2=O)cc(Cl)c1OCC(=O)Nc1ccc(Cl)cc1. The van der Waals surface area contributed by atoms with E-state index in [4.69, 9.17) is 44.3 Å². The van der Waals surface area contributed by atoms with Gasteiger partial charge >= 0.3 is 0 Å². The summed E-state index contributed by atoms with van der Waals surface area (Å²) in [5.74, 6) is -1.12. The minimum atomic E-state index is -0.533. The molecule has 0 saturated carbocycles. The van der Waals surface area contributed by atoms with Crippen molar-refractivity contribution in [3.8, 4) is 11.5 Å². The largest absolute Gasteiger partial charge is 0.493 e. The van der Waals surface area contributed by atoms with E-state index in [1.807, 2.05) is 0 Å². The van der Waals surface area contributed by atoms with Crippen LogP contribution in [0.15, 0.2) is 59.5 Å². The van der Waals surface area contributed by atoms with Crippen molar-refractivity contribution in [3.63, 3.8) is 0 Å². The Hall–Kier alpha value is -3.24. The molecule has 1 fully saturated rings. The van der Waals surface area contributed by atoms with Gasteiger partial charge < -0.3 is 14.8 Å². The summed E-state index contributed by atoms with van der Waals surface area (Å²) in [6.07, 6.45) is 1.49. The van der Waals surface area contributed by atoms with Crippen LogP contribution < -0.4 is 14.8 Å². The zero-order valence-electron chi connectivity index (χ0n) is 19.6. The van der Waals surface area contributed by atoms with Crippen molar-refractivity contribution in [2.45, 2.75) is 6.54 Å². The third-order valence-electron chi connectivity index (χ3n) is 5.24. The fourth-order valence-corrected chi connectivity index (χ4v) is 4.90. The van der Waals surface area contributed by atoms with Gasteiger partial charge in [-0.3, -0.25) is 19.3 Å². The summed E-state index contributed by atoms with van der Waals surface area (Å²) in [5, 5.41) is 2.96. The van der Waals surface area contributed by atoms with Crippen LogP contribution in [0.4, 0.5) is 14.9 Å². The topological polar surface area (TPSA) is 84.9 Å². The van der Waals surface area contributed by atoms with Gasteiger partial charge in [-0.25, -0.2) is 4.39 Å². The summed E-state index contributed by atoms with van der Waals surface area (Å²) in [6, 6.07) is 13.4. The number of amides is 3. The molecule has 0 radical (unpaired) electrons. The van der Waals surface area contributed by atoms with E-state index < -0.39 is 22.9 Å². The van der Waals surface area contributed by atoms with Crippen molar-refractivity contribution in [3.05, 3.63) is 91.5 Å². The molecule has 0 spiro atoms. The Morgan fingerprint density at radius 3 is 2.47 bits per heavy atom. The number of rotatable bonds is 8. The maximum absolute atomic E-state index is 13.3. The van der Waals surface area contributed by atoms with Crippen LogP contribution in [0.1, 0.15) is 11.1 Å². The third-order valence-corrected chi connectivity index (χ3v) is 7.03. The van der Waals surface area contributed by atoms with Gasteiger partial charge in [-0.15, -0.1) is 0 Å². The van der Waals surface area contributed by atoms with E-state index in [2.05, 4.69) is 5.32 Å². The number of ether oxygens (including phenoxy) is 2. The quantitative estimate of drug-likeness (QED) is 0.281. The van der Waals surface area contributed by atoms with Gasteiger partial charge in [0, 0.05) is 15.7 Å². The van der Waals surface area contributed by atoms with E-state index in [0.29, 0.717) is 21.8 Å². The first-order valence-corrected chi connectivity index (χ1v) is 12.8. The minimum absolute atomic E-state index is 0.101. The second kappa shape index (κ2) is 12.1. The predicted octanol–water partition coefficient (Wildman–Crippen LogP) is 7.05. The second-order valence-corrected chi connectivity index (χ2v) is 10.1. The summed E-state index contributed by atoms with van der Waals surface area (Å²) in [4.78, 5) is 38.9. The molecule has 3 amide bonds. The van der Waals surface area contributed by atoms with Crippen LogP contribution in [0.25, 0.3) is 6.08 Å². The molecule has 0 aliphatic carbocycles. The molecule has 0 atom stereocenters. The molecule has 1 aliphatic rings. The van der Waals surface area contributed by atoms with Crippen molar-refractivity contribution >= 4 is 75.4 Å². The molecular weight excluding hydrogens is 578 g/mol. The van der Waals surface area contributed by atoms with E-state index in [1.54, 1.807) is 30.3 Å². The molecule has 1 N–H and O–H groups in total. The number of thioether (sulfide) groups is 1. The molecule has 0 aromatic heterocycles. The first kappa shape index (κ1) is 27.8. The van der Waals surface area contributed by atoms with Crippen LogP contribution in [0.3, 0.4) is 0 Å². The average Bonchev–Trinajstić information content (AvgIpc) is 3.13. The van der Waals surface area contributed by atoms with Gasteiger partial charge in [0.15, 0.2) is 18.1 Å². The van der Waals surface area contributed by atoms with Gasteiger partial charge in [0.1, 0.15) is 5.82 Å². The molecule has 3 aromatic carbocycles. The Balaban J connectivity index is 1.47. The van der Waals surface area contributed by atoms with Crippen LogP contribution in [0.2, 0.25) is 15.1 Å². The highest BCUT2D eigenvalue weighted by Gasteiger charge is 2.35. The number of nitrogens with zero attached hydrogens (tertiary/aromatic N) is 1. The smallest absolute Gasteiger partial charge is 0.293 e. The molecule has 38 heavy (non-hydrogen) atoms. The highest BCUT2D eigenvalue weighted by molar-refractivity contribution is 8.18. The highest BCUT2D eigenvalue weighted by Crippen LogP contribution is 2.39. The molecule has 1 aliphatic heterocycles. The fourth-order valence-electron chi connectivity index (χ4n) is 3.44. The lowest BCUT2D eigenvalue weighted by molar-refractivity contribution is -0.123. The summed E-state index contributed by atoms with van der Waals surface area (Å²) in [7, 11) is 1.40. The van der Waals surface area contributed by atoms with Crippen LogP contribution >= 0.6 is 46.6 Å². The molecule has 3 aromatic rings. The van der Waals surface area contributed by atoms with Gasteiger partial charge in [-0.1, -0.05) is 40.9 Å². The molecule has 0 bridgehead atoms. The number of carbonyl (C=O) groups excluding carboxylic acids is 3. The van der Waals surface area contributed by atoms with Gasteiger partial charge in [0.05, 0.1) is 23.6 Å². The van der Waals surface area contributed by atoms with Gasteiger partial charge in [-0.2, -0.15) is 0 Å². The summed E-state index contributed by atoms with van der Waals surface area (Å²) >= 11 is 19.0. The van der Waals surface area contributed by atoms with Gasteiger partial charge in [0.2, 0.25) is 0 Å². The average molecular weight is 596 g/mol. The lowest BCUT2D eigenvalue weighted by Gasteiger charge is -2.14. The van der Waals surface area contributed by atoms with Crippen molar-refractivity contribution in [2.24, 2.45) is 0 Å². The minimum Gasteiger partial charge on any atom is -0.493 e. The molecule has 4 rings (SSSR count). The zero-order valence-corrected chi connectivity index (χ0v) is 22.7. The maximum Gasteiger partial charge on any atom is 0.293 e. The van der Waals surface area contributed by atoms with E-state index in [9.17, 15) is 18.8 Å². The Morgan fingerprint density at radius 2 is 1.79 bits per heavy atom. The van der Waals surface area contributed by atoms with Crippen molar-refractivity contribution < 1.29 is 28.2 Å². The Kier molecular flexibility index (Phi) is 8.83. The number of halogens is 4. The maximum atomic E-state index is 13.3. The van der Waals surface area contributed by atoms with Gasteiger partial charge in [0.25, 0.3) is 17.1 Å². The number of methoxy groups -OCH3 is 1. The summed E-state index contributed by atoms with van der Waals surface area (Å²) < 4.78 is 24.3. The fraction of sp³-hybridized carbons (Fsp3) is 0.115. The normalized spacial score (nSPS) is 14.2. The Labute approximate surface area is 236 Å². The van der Waals surface area contributed by atoms with E-state index in [1.165, 1.54) is 31.4 Å². The van der Waals surface area contributed by atoms with E-state index in [-0.39, 0.29) is 39.6 Å². The number of imide groups is 1. The zero-order chi connectivity index (χ0) is 27.4. The van der Waals surface area contributed by atoms with Gasteiger partial charge in [-0.05, 0) is 77.5 Å². The van der Waals surface area contributed by atoms with Crippen LogP contribution in [-0.4, -0.2) is 35.7 Å². The Bertz CT molecular complexity index is 1450. The number of nitrogens with one attached hydrogen (secondary N) is 1. The number of carbonyl (C=O) groups is 3. The summed E-state index contributed by atoms with van der Waals surface area (Å²) in [6.45, 7) is -0.445. The van der Waals surface area contributed by atoms with Crippen LogP contribution in [0, 0.1) is 5.82 Å². The third kappa shape index (κ3) is 6.60. The first-order chi connectivity index (χ1) is 18.1. The second-order valence-electron chi connectivity index (χ2n) is 7.88. The standard InChI is InChI=1S/C26H18Cl3FN2O5S/c1-36-21-9-14(8-20(29)24(21)37-13-23(33)31-18-6-3-16(27)4-7-18)10-22-25(34)32(26(35)38-22)12-15-2-5-17(30)11-19(15)28/h2-11H,12-13H2,1H3,(H,31,33)/b22-10-. The molecule has 0 unspecified atom stereocenters. The molecule has 1 saturated heterocycles. The molecule has 12 heteroatoms. The highest BCUT2D eigenvalue weighted by atomic mass is 35.5. The lowest BCUT2D eigenvalue weighted by atomic mass is 10.1. The number of anilines is 1. The van der Waals surface area contributed by atoms with E-state index >= 15 is 0 Å². The molecular formula is C26H18Cl3FN2O5S. The molecule has 7 nitrogen and oxygen atoms in total. The lowest BCUT2D eigenvalue weighted by Crippen LogP contribution is -2.27. The summed E-state index contributed by atoms with van der Waals surface area (Å²) in [5.41, 5.74) is 1.45. The molecule has 196 valence electrons. The molecule has 1 heterocycles. The first-order valence-electron chi connectivity index (χ1n) is 10.9. The monoisotopic (exact) mass is 594 g/mol. The van der Waals surface area contributed by atoms with Crippen LogP contribution in [-0.2, 0) is 16.1 Å². The number of hydrogen-bond acceptors (Lipinski definition) is 6. The number of benzene rings is 3. The van der Waals surface area contributed by atoms with Crippen LogP contribution in [0.5, 0.6) is 11.5 Å².